The third-order valence-electron chi connectivity index (χ3n) is 4.85. The molecule has 1 N–H and O–H groups in total. The lowest BCUT2D eigenvalue weighted by Gasteiger charge is -2.34. The Balaban J connectivity index is 1.45. The summed E-state index contributed by atoms with van der Waals surface area (Å²) in [6.07, 6.45) is 3.64. The van der Waals surface area contributed by atoms with Crippen molar-refractivity contribution in [1.82, 2.24) is 15.0 Å². The summed E-state index contributed by atoms with van der Waals surface area (Å²) in [4.78, 5) is 39.9. The minimum atomic E-state index is -0.141. The van der Waals surface area contributed by atoms with E-state index in [4.69, 9.17) is 4.52 Å². The highest BCUT2D eigenvalue weighted by Gasteiger charge is 2.29. The number of hydrogen-bond acceptors (Lipinski definition) is 5. The van der Waals surface area contributed by atoms with E-state index < -0.39 is 0 Å². The Morgan fingerprint density at radius 2 is 2.04 bits per heavy atom. The zero-order valence-electron chi connectivity index (χ0n) is 14.5. The van der Waals surface area contributed by atoms with E-state index in [0.717, 1.165) is 12.8 Å². The number of carbonyl (C=O) groups is 3. The van der Waals surface area contributed by atoms with Crippen LogP contribution in [0.3, 0.4) is 0 Å². The van der Waals surface area contributed by atoms with Gasteiger partial charge in [-0.25, -0.2) is 0 Å². The molecule has 1 aromatic heterocycles. The van der Waals surface area contributed by atoms with Gasteiger partial charge in [-0.2, -0.15) is 0 Å². The number of rotatable bonds is 4. The lowest BCUT2D eigenvalue weighted by atomic mass is 9.96. The summed E-state index contributed by atoms with van der Waals surface area (Å²) in [5, 5.41) is 6.50. The fourth-order valence-electron chi connectivity index (χ4n) is 3.34. The molecule has 136 valence electrons. The van der Waals surface area contributed by atoms with Crippen LogP contribution in [-0.2, 0) is 14.4 Å². The monoisotopic (exact) mass is 348 g/mol. The number of carbonyl (C=O) groups excluding carboxylic acids is 3. The average molecular weight is 348 g/mol. The third kappa shape index (κ3) is 4.37. The Bertz CT molecular complexity index is 649. The van der Waals surface area contributed by atoms with Gasteiger partial charge in [-0.3, -0.25) is 14.4 Å². The van der Waals surface area contributed by atoms with Crippen molar-refractivity contribution in [3.63, 3.8) is 0 Å². The van der Waals surface area contributed by atoms with Gasteiger partial charge in [0.2, 0.25) is 17.7 Å². The van der Waals surface area contributed by atoms with E-state index in [-0.39, 0.29) is 30.2 Å². The van der Waals surface area contributed by atoms with Gasteiger partial charge in [0.15, 0.2) is 5.82 Å². The highest BCUT2D eigenvalue weighted by Crippen LogP contribution is 2.20. The molecule has 0 aliphatic carbocycles. The number of hydrogen-bond donors (Lipinski definition) is 1. The van der Waals surface area contributed by atoms with E-state index in [9.17, 15) is 14.4 Å². The van der Waals surface area contributed by atoms with Gasteiger partial charge in [-0.1, -0.05) is 5.16 Å². The Labute approximate surface area is 146 Å². The second kappa shape index (κ2) is 7.67. The molecule has 25 heavy (non-hydrogen) atoms. The second-order valence-corrected chi connectivity index (χ2v) is 6.74. The van der Waals surface area contributed by atoms with Crippen molar-refractivity contribution in [2.24, 2.45) is 5.92 Å². The number of nitrogens with zero attached hydrogens (tertiary/aromatic N) is 3. The predicted molar refractivity (Wildman–Crippen MR) is 89.6 cm³/mol. The van der Waals surface area contributed by atoms with Crippen LogP contribution in [0.5, 0.6) is 0 Å². The van der Waals surface area contributed by atoms with Crippen LogP contribution < -0.4 is 5.32 Å². The SMILES string of the molecule is Cc1cc(NC(=O)C2CCN(C(=O)CN3CCCCC3=O)CC2)no1. The van der Waals surface area contributed by atoms with Crippen LogP contribution in [0, 0.1) is 12.8 Å². The van der Waals surface area contributed by atoms with Crippen LogP contribution in [0.4, 0.5) is 5.82 Å². The minimum Gasteiger partial charge on any atom is -0.360 e. The molecule has 0 spiro atoms. The van der Waals surface area contributed by atoms with E-state index in [1.165, 1.54) is 0 Å². The van der Waals surface area contributed by atoms with Crippen molar-refractivity contribution in [3.05, 3.63) is 11.8 Å². The number of amides is 3. The Morgan fingerprint density at radius 1 is 1.28 bits per heavy atom. The van der Waals surface area contributed by atoms with Crippen LogP contribution >= 0.6 is 0 Å². The first-order valence-electron chi connectivity index (χ1n) is 8.82. The van der Waals surface area contributed by atoms with Gasteiger partial charge < -0.3 is 19.6 Å². The van der Waals surface area contributed by atoms with E-state index in [2.05, 4.69) is 10.5 Å². The molecule has 2 saturated heterocycles. The molecule has 0 aromatic carbocycles. The lowest BCUT2D eigenvalue weighted by molar-refractivity contribution is -0.143. The van der Waals surface area contributed by atoms with Crippen LogP contribution in [-0.4, -0.2) is 58.9 Å². The van der Waals surface area contributed by atoms with Crippen LogP contribution in [0.2, 0.25) is 0 Å². The van der Waals surface area contributed by atoms with Crippen molar-refractivity contribution in [2.75, 3.05) is 31.5 Å². The second-order valence-electron chi connectivity index (χ2n) is 6.74. The largest absolute Gasteiger partial charge is 0.360 e. The van der Waals surface area contributed by atoms with Crippen molar-refractivity contribution in [2.45, 2.75) is 39.0 Å². The van der Waals surface area contributed by atoms with Gasteiger partial charge in [-0.05, 0) is 32.6 Å². The summed E-state index contributed by atoms with van der Waals surface area (Å²) in [6.45, 7) is 3.67. The zero-order chi connectivity index (χ0) is 17.8. The molecule has 0 radical (unpaired) electrons. The fraction of sp³-hybridized carbons (Fsp3) is 0.647. The van der Waals surface area contributed by atoms with Gasteiger partial charge in [0.1, 0.15) is 5.76 Å². The molecular formula is C17H24N4O4. The topological polar surface area (TPSA) is 95.8 Å². The van der Waals surface area contributed by atoms with Gasteiger partial charge >= 0.3 is 0 Å². The van der Waals surface area contributed by atoms with E-state index >= 15 is 0 Å². The maximum Gasteiger partial charge on any atom is 0.242 e. The molecular weight excluding hydrogens is 324 g/mol. The normalized spacial score (nSPS) is 19.2. The van der Waals surface area contributed by atoms with Gasteiger partial charge in [-0.15, -0.1) is 0 Å². The van der Waals surface area contributed by atoms with E-state index in [1.54, 1.807) is 22.8 Å². The molecule has 8 heteroatoms. The molecule has 0 bridgehead atoms. The summed E-state index contributed by atoms with van der Waals surface area (Å²) in [6, 6.07) is 1.67. The van der Waals surface area contributed by atoms with Gasteiger partial charge in [0.05, 0.1) is 6.54 Å². The lowest BCUT2D eigenvalue weighted by Crippen LogP contribution is -2.48. The Kier molecular flexibility index (Phi) is 5.35. The molecule has 0 unspecified atom stereocenters. The number of anilines is 1. The minimum absolute atomic E-state index is 0.0266. The Hall–Kier alpha value is -2.38. The predicted octanol–water partition coefficient (Wildman–Crippen LogP) is 1.17. The average Bonchev–Trinajstić information content (AvgIpc) is 3.02. The molecule has 1 aromatic rings. The molecule has 2 aliphatic rings. The standard InChI is InChI=1S/C17H24N4O4/c1-12-10-14(19-25-12)18-17(24)13-5-8-20(9-6-13)16(23)11-21-7-3-2-4-15(21)22/h10,13H,2-9,11H2,1H3,(H,18,19,24). The maximum atomic E-state index is 12.4. The van der Waals surface area contributed by atoms with Crippen molar-refractivity contribution >= 4 is 23.5 Å². The van der Waals surface area contributed by atoms with E-state index in [1.807, 2.05) is 0 Å². The van der Waals surface area contributed by atoms with Crippen LogP contribution in [0.15, 0.2) is 10.6 Å². The smallest absolute Gasteiger partial charge is 0.242 e. The summed E-state index contributed by atoms with van der Waals surface area (Å²) < 4.78 is 4.93. The van der Waals surface area contributed by atoms with Gasteiger partial charge in [0.25, 0.3) is 0 Å². The van der Waals surface area contributed by atoms with Crippen LogP contribution in [0.25, 0.3) is 0 Å². The first kappa shape index (κ1) is 17.4. The molecule has 3 amide bonds. The van der Waals surface area contributed by atoms with Crippen LogP contribution in [0.1, 0.15) is 37.9 Å². The number of nitrogens with one attached hydrogen (secondary N) is 1. The summed E-state index contributed by atoms with van der Waals surface area (Å²) in [7, 11) is 0. The molecule has 3 rings (SSSR count). The molecule has 0 atom stereocenters. The van der Waals surface area contributed by atoms with Crippen molar-refractivity contribution in [1.29, 1.82) is 0 Å². The summed E-state index contributed by atoms with van der Waals surface area (Å²) >= 11 is 0. The highest BCUT2D eigenvalue weighted by atomic mass is 16.5. The summed E-state index contributed by atoms with van der Waals surface area (Å²) in [5.41, 5.74) is 0. The quantitative estimate of drug-likeness (QED) is 0.881. The molecule has 0 saturated carbocycles. The molecule has 8 nitrogen and oxygen atoms in total. The first-order chi connectivity index (χ1) is 12.0. The van der Waals surface area contributed by atoms with Crippen molar-refractivity contribution in [3.8, 4) is 0 Å². The van der Waals surface area contributed by atoms with Gasteiger partial charge in [0, 0.05) is 38.0 Å². The van der Waals surface area contributed by atoms with E-state index in [0.29, 0.717) is 50.5 Å². The van der Waals surface area contributed by atoms with Crippen molar-refractivity contribution < 1.29 is 18.9 Å². The molecule has 3 heterocycles. The fourth-order valence-corrected chi connectivity index (χ4v) is 3.34. The number of aromatic nitrogens is 1. The Morgan fingerprint density at radius 3 is 2.68 bits per heavy atom. The molecule has 2 aliphatic heterocycles. The maximum absolute atomic E-state index is 12.4. The highest BCUT2D eigenvalue weighted by molar-refractivity contribution is 5.92. The third-order valence-corrected chi connectivity index (χ3v) is 4.85. The zero-order valence-corrected chi connectivity index (χ0v) is 14.5. The first-order valence-corrected chi connectivity index (χ1v) is 8.82. The molecule has 2 fully saturated rings. The number of piperidine rings is 2. The summed E-state index contributed by atoms with van der Waals surface area (Å²) in [5.74, 6) is 0.870. The number of aryl methyl sites for hydroxylation is 1. The number of likely N-dealkylation sites (tertiary alicyclic amines) is 2.